The van der Waals surface area contributed by atoms with Crippen molar-refractivity contribution in [1.82, 2.24) is 10.6 Å². The van der Waals surface area contributed by atoms with Gasteiger partial charge < -0.3 is 20.2 Å². The van der Waals surface area contributed by atoms with Crippen molar-refractivity contribution in [3.8, 4) is 0 Å². The molecule has 0 saturated carbocycles. The lowest BCUT2D eigenvalue weighted by Crippen LogP contribution is -2.34. The normalized spacial score (nSPS) is 10.1. The van der Waals surface area contributed by atoms with E-state index in [9.17, 15) is 9.59 Å². The number of aromatic carboxylic acids is 1. The van der Waals surface area contributed by atoms with Crippen LogP contribution >= 0.6 is 0 Å². The zero-order valence-electron chi connectivity index (χ0n) is 11.6. The second-order valence-electron chi connectivity index (χ2n) is 4.51. The highest BCUT2D eigenvalue weighted by Crippen LogP contribution is 2.14. The Morgan fingerprint density at radius 2 is 1.81 bits per heavy atom. The first kappa shape index (κ1) is 14.6. The van der Waals surface area contributed by atoms with Gasteiger partial charge in [-0.1, -0.05) is 30.3 Å². The fourth-order valence-corrected chi connectivity index (χ4v) is 1.85. The van der Waals surface area contributed by atoms with Crippen LogP contribution in [0.5, 0.6) is 0 Å². The number of nitrogens with one attached hydrogen (secondary N) is 2. The summed E-state index contributed by atoms with van der Waals surface area (Å²) in [5.41, 5.74) is 1.10. The Bertz CT molecular complexity index is 634. The third kappa shape index (κ3) is 4.10. The Morgan fingerprint density at radius 3 is 2.43 bits per heavy atom. The number of urea groups is 1. The highest BCUT2D eigenvalue weighted by atomic mass is 16.4. The van der Waals surface area contributed by atoms with Crippen LogP contribution in [0.1, 0.15) is 27.4 Å². The van der Waals surface area contributed by atoms with E-state index in [1.54, 1.807) is 6.92 Å². The number of carbonyl (C=O) groups excluding carboxylic acids is 1. The van der Waals surface area contributed by atoms with Gasteiger partial charge in [-0.2, -0.15) is 0 Å². The maximum absolute atomic E-state index is 11.6. The van der Waals surface area contributed by atoms with Crippen molar-refractivity contribution < 1.29 is 19.1 Å². The van der Waals surface area contributed by atoms with E-state index in [-0.39, 0.29) is 18.1 Å². The highest BCUT2D eigenvalue weighted by molar-refractivity contribution is 5.88. The molecule has 0 saturated heterocycles. The number of hydrogen-bond donors (Lipinski definition) is 3. The minimum Gasteiger partial charge on any atom is -0.478 e. The lowest BCUT2D eigenvalue weighted by molar-refractivity contribution is 0.0695. The monoisotopic (exact) mass is 288 g/mol. The van der Waals surface area contributed by atoms with Crippen LogP contribution in [0.15, 0.2) is 40.8 Å². The highest BCUT2D eigenvalue weighted by Gasteiger charge is 2.13. The van der Waals surface area contributed by atoms with Crippen LogP contribution in [0, 0.1) is 6.92 Å². The van der Waals surface area contributed by atoms with Gasteiger partial charge in [0, 0.05) is 6.54 Å². The SMILES string of the molecule is Cc1oc(CNC(=O)NCc2ccccc2)cc1C(=O)O. The minimum absolute atomic E-state index is 0.108. The summed E-state index contributed by atoms with van der Waals surface area (Å²) in [5.74, 6) is -0.320. The van der Waals surface area contributed by atoms with Gasteiger partial charge in [-0.25, -0.2) is 9.59 Å². The van der Waals surface area contributed by atoms with E-state index in [4.69, 9.17) is 9.52 Å². The molecule has 2 rings (SSSR count). The van der Waals surface area contributed by atoms with Gasteiger partial charge in [0.15, 0.2) is 0 Å². The third-order valence-electron chi connectivity index (χ3n) is 2.92. The average Bonchev–Trinajstić information content (AvgIpc) is 2.85. The van der Waals surface area contributed by atoms with Crippen LogP contribution < -0.4 is 10.6 Å². The van der Waals surface area contributed by atoms with Gasteiger partial charge in [0.25, 0.3) is 0 Å². The molecule has 6 nitrogen and oxygen atoms in total. The number of carboxylic acid groups (broad SMARTS) is 1. The summed E-state index contributed by atoms with van der Waals surface area (Å²) >= 11 is 0. The first-order chi connectivity index (χ1) is 10.1. The van der Waals surface area contributed by atoms with E-state index in [1.807, 2.05) is 30.3 Å². The molecule has 0 unspecified atom stereocenters. The first-order valence-electron chi connectivity index (χ1n) is 6.44. The van der Waals surface area contributed by atoms with Gasteiger partial charge in [-0.3, -0.25) is 0 Å². The number of benzene rings is 1. The molecule has 1 aromatic carbocycles. The van der Waals surface area contributed by atoms with Gasteiger partial charge in [0.1, 0.15) is 17.1 Å². The predicted molar refractivity (Wildman–Crippen MR) is 75.9 cm³/mol. The third-order valence-corrected chi connectivity index (χ3v) is 2.92. The summed E-state index contributed by atoms with van der Waals surface area (Å²) in [6.45, 7) is 2.13. The number of hydrogen-bond acceptors (Lipinski definition) is 3. The number of carbonyl (C=O) groups is 2. The van der Waals surface area contributed by atoms with Crippen molar-refractivity contribution in [1.29, 1.82) is 0 Å². The predicted octanol–water partition coefficient (Wildman–Crippen LogP) is 2.29. The van der Waals surface area contributed by atoms with Crippen LogP contribution in [-0.2, 0) is 13.1 Å². The minimum atomic E-state index is -1.05. The summed E-state index contributed by atoms with van der Waals surface area (Å²) < 4.78 is 5.27. The molecule has 6 heteroatoms. The zero-order valence-corrected chi connectivity index (χ0v) is 11.6. The second kappa shape index (κ2) is 6.60. The van der Waals surface area contributed by atoms with Crippen molar-refractivity contribution >= 4 is 12.0 Å². The summed E-state index contributed by atoms with van der Waals surface area (Å²) in [7, 11) is 0. The molecular formula is C15H16N2O4. The summed E-state index contributed by atoms with van der Waals surface area (Å²) in [4.78, 5) is 22.5. The Morgan fingerprint density at radius 1 is 1.14 bits per heavy atom. The number of furan rings is 1. The quantitative estimate of drug-likeness (QED) is 0.787. The molecule has 0 bridgehead atoms. The molecule has 0 radical (unpaired) electrons. The van der Waals surface area contributed by atoms with E-state index < -0.39 is 5.97 Å². The smallest absolute Gasteiger partial charge is 0.339 e. The van der Waals surface area contributed by atoms with Gasteiger partial charge >= 0.3 is 12.0 Å². The van der Waals surface area contributed by atoms with E-state index >= 15 is 0 Å². The molecule has 2 amide bonds. The molecule has 0 spiro atoms. The molecule has 1 heterocycles. The van der Waals surface area contributed by atoms with Crippen LogP contribution in [0.3, 0.4) is 0 Å². The standard InChI is InChI=1S/C15H16N2O4/c1-10-13(14(18)19)7-12(21-10)9-17-15(20)16-8-11-5-3-2-4-6-11/h2-7H,8-9H2,1H3,(H,18,19)(H2,16,17,20). The van der Waals surface area contributed by atoms with Gasteiger partial charge in [0.05, 0.1) is 6.54 Å². The molecule has 0 fully saturated rings. The van der Waals surface area contributed by atoms with Crippen molar-refractivity contribution in [2.45, 2.75) is 20.0 Å². The zero-order chi connectivity index (χ0) is 15.2. The number of amides is 2. The Hall–Kier alpha value is -2.76. The molecular weight excluding hydrogens is 272 g/mol. The lowest BCUT2D eigenvalue weighted by atomic mass is 10.2. The molecule has 0 aliphatic rings. The van der Waals surface area contributed by atoms with E-state index in [2.05, 4.69) is 10.6 Å². The van der Waals surface area contributed by atoms with Gasteiger partial charge in [-0.15, -0.1) is 0 Å². The first-order valence-corrected chi connectivity index (χ1v) is 6.44. The average molecular weight is 288 g/mol. The molecule has 0 aliphatic heterocycles. The van der Waals surface area contributed by atoms with Crippen LogP contribution in [0.25, 0.3) is 0 Å². The summed E-state index contributed by atoms with van der Waals surface area (Å²) in [6, 6.07) is 10.6. The van der Waals surface area contributed by atoms with E-state index in [0.29, 0.717) is 18.1 Å². The van der Waals surface area contributed by atoms with Crippen molar-refractivity contribution in [2.24, 2.45) is 0 Å². The molecule has 3 N–H and O–H groups in total. The summed E-state index contributed by atoms with van der Waals surface area (Å²) in [5, 5.41) is 14.2. The largest absolute Gasteiger partial charge is 0.478 e. The molecule has 2 aromatic rings. The van der Waals surface area contributed by atoms with Crippen molar-refractivity contribution in [3.05, 3.63) is 59.0 Å². The molecule has 0 aliphatic carbocycles. The molecule has 110 valence electrons. The van der Waals surface area contributed by atoms with E-state index in [1.165, 1.54) is 6.07 Å². The second-order valence-corrected chi connectivity index (χ2v) is 4.51. The van der Waals surface area contributed by atoms with Crippen LogP contribution in [0.2, 0.25) is 0 Å². The van der Waals surface area contributed by atoms with Crippen LogP contribution in [0.4, 0.5) is 4.79 Å². The van der Waals surface area contributed by atoms with Crippen LogP contribution in [-0.4, -0.2) is 17.1 Å². The number of rotatable bonds is 5. The lowest BCUT2D eigenvalue weighted by Gasteiger charge is -2.06. The van der Waals surface area contributed by atoms with E-state index in [0.717, 1.165) is 5.56 Å². The van der Waals surface area contributed by atoms with Crippen molar-refractivity contribution in [2.75, 3.05) is 0 Å². The molecule has 0 atom stereocenters. The summed E-state index contributed by atoms with van der Waals surface area (Å²) in [6.07, 6.45) is 0. The fourth-order valence-electron chi connectivity index (χ4n) is 1.85. The van der Waals surface area contributed by atoms with Gasteiger partial charge in [0.2, 0.25) is 0 Å². The Balaban J connectivity index is 1.81. The maximum atomic E-state index is 11.6. The fraction of sp³-hybridized carbons (Fsp3) is 0.200. The molecule has 21 heavy (non-hydrogen) atoms. The number of aryl methyl sites for hydroxylation is 1. The Kier molecular flexibility index (Phi) is 4.61. The maximum Gasteiger partial charge on any atom is 0.339 e. The van der Waals surface area contributed by atoms with Crippen molar-refractivity contribution in [3.63, 3.8) is 0 Å². The number of carboxylic acids is 1. The van der Waals surface area contributed by atoms with Gasteiger partial charge in [-0.05, 0) is 18.6 Å². The topological polar surface area (TPSA) is 91.6 Å². The molecule has 1 aromatic heterocycles. The Labute approximate surface area is 121 Å².